The van der Waals surface area contributed by atoms with Crippen LogP contribution in [0.5, 0.6) is 0 Å². The van der Waals surface area contributed by atoms with Crippen LogP contribution in [-0.4, -0.2) is 9.52 Å². The van der Waals surface area contributed by atoms with Crippen LogP contribution in [0.25, 0.3) is 21.5 Å². The first-order valence-electron chi connectivity index (χ1n) is 15.3. The Morgan fingerprint density at radius 1 is 0.545 bits per heavy atom. The molecule has 6 rings (SSSR count). The molecule has 0 aromatic heterocycles. The average Bonchev–Trinajstić information content (AvgIpc) is 3.58. The fraction of sp³-hybridized carbons (Fsp3) is 0.250. The zero-order valence-electron chi connectivity index (χ0n) is 26.9. The van der Waals surface area contributed by atoms with E-state index in [9.17, 15) is 0 Å². The molecule has 4 heteroatoms. The van der Waals surface area contributed by atoms with E-state index < -0.39 is 17.0 Å². The van der Waals surface area contributed by atoms with E-state index in [0.717, 1.165) is 22.4 Å². The predicted octanol–water partition coefficient (Wildman–Crippen LogP) is 12.7. The van der Waals surface area contributed by atoms with Gasteiger partial charge in [0.15, 0.2) is 0 Å². The van der Waals surface area contributed by atoms with Gasteiger partial charge in [0.1, 0.15) is 0 Å². The van der Waals surface area contributed by atoms with Crippen molar-refractivity contribution in [3.8, 4) is 0 Å². The molecule has 6 aromatic carbocycles. The number of halogens is 2. The zero-order chi connectivity index (χ0) is 31.9. The van der Waals surface area contributed by atoms with Gasteiger partial charge < -0.3 is 0 Å². The Balaban J connectivity index is 0.000000204. The first-order valence-corrected chi connectivity index (χ1v) is 21.6. The molecule has 0 saturated carbocycles. The van der Waals surface area contributed by atoms with Crippen LogP contribution >= 0.6 is 18.6 Å². The van der Waals surface area contributed by atoms with Crippen molar-refractivity contribution >= 4 is 49.7 Å². The zero-order valence-corrected chi connectivity index (χ0v) is 30.9. The molecule has 0 bridgehead atoms. The van der Waals surface area contributed by atoms with E-state index in [1.807, 2.05) is 0 Å². The molecular weight excluding hydrogens is 627 g/mol. The normalized spacial score (nSPS) is 10.5. The molecule has 0 fully saturated rings. The third kappa shape index (κ3) is 10.3. The molecule has 228 valence electrons. The Kier molecular flexibility index (Phi) is 15.7. The van der Waals surface area contributed by atoms with E-state index in [0.29, 0.717) is 11.8 Å². The second-order valence-electron chi connectivity index (χ2n) is 11.5. The molecule has 0 aliphatic heterocycles. The molecular formula is C40H44Cl2SiTi-2. The van der Waals surface area contributed by atoms with Crippen molar-refractivity contribution in [2.45, 2.75) is 65.5 Å². The number of hydrogen-bond acceptors (Lipinski definition) is 0. The van der Waals surface area contributed by atoms with Gasteiger partial charge in [0, 0.05) is 9.52 Å². The van der Waals surface area contributed by atoms with Gasteiger partial charge in [-0.1, -0.05) is 125 Å². The molecule has 0 aliphatic carbocycles. The molecule has 0 aliphatic rings. The third-order valence-corrected chi connectivity index (χ3v) is 7.58. The summed E-state index contributed by atoms with van der Waals surface area (Å²) in [6.45, 7) is 13.4. The monoisotopic (exact) mass is 670 g/mol. The Morgan fingerprint density at radius 2 is 0.841 bits per heavy atom. The van der Waals surface area contributed by atoms with E-state index in [4.69, 9.17) is 18.6 Å². The van der Waals surface area contributed by atoms with Crippen molar-refractivity contribution in [1.82, 2.24) is 0 Å². The first-order chi connectivity index (χ1) is 21.3. The van der Waals surface area contributed by atoms with Crippen molar-refractivity contribution in [2.24, 2.45) is 0 Å². The van der Waals surface area contributed by atoms with Gasteiger partial charge in [-0.15, -0.1) is 80.2 Å². The molecule has 0 saturated heterocycles. The van der Waals surface area contributed by atoms with E-state index in [1.165, 1.54) is 54.9 Å². The summed E-state index contributed by atoms with van der Waals surface area (Å²) in [6.07, 6.45) is 2.06. The Labute approximate surface area is 285 Å². The molecule has 0 N–H and O–H groups in total. The van der Waals surface area contributed by atoms with Gasteiger partial charge in [-0.25, -0.2) is 0 Å². The SMILES string of the molecule is CC(C)c1cc2ccccc2[c-]1Cc1ccccc1.CC(C)c1cc2ccccc2[c-]1Cc1ccccc1.C[Si]C.[Cl][Ti][Cl]. The summed E-state index contributed by atoms with van der Waals surface area (Å²) in [4.78, 5) is 0. The summed E-state index contributed by atoms with van der Waals surface area (Å²) in [5, 5.41) is 5.57. The first kappa shape index (κ1) is 36.1. The molecule has 0 unspecified atom stereocenters. The van der Waals surface area contributed by atoms with Crippen molar-refractivity contribution in [2.75, 3.05) is 0 Å². The second kappa shape index (κ2) is 19.2. The third-order valence-electron chi connectivity index (χ3n) is 7.58. The second-order valence-corrected chi connectivity index (χ2v) is 15.1. The standard InChI is InChI=1S/2C19H19.C2H6Si.2ClH.Ti/c2*1-14(2)18-13-16-10-6-7-11-17(16)19(18)12-15-8-4-3-5-9-15;1-3-2;;;/h2*3-11,13-14H,12H2,1-2H3;1-2H3;2*1H;/q2*-1;;;;+2/p-2. The Hall–Kier alpha value is -2.39. The average molecular weight is 672 g/mol. The van der Waals surface area contributed by atoms with E-state index in [1.54, 1.807) is 0 Å². The predicted molar refractivity (Wildman–Crippen MR) is 195 cm³/mol. The van der Waals surface area contributed by atoms with Gasteiger partial charge in [0.25, 0.3) is 0 Å². The molecule has 0 amide bonds. The number of hydrogen-bond donors (Lipinski definition) is 0. The number of rotatable bonds is 6. The summed E-state index contributed by atoms with van der Waals surface area (Å²) in [5.74, 6) is 1.15. The summed E-state index contributed by atoms with van der Waals surface area (Å²) in [7, 11) is 10.9. The van der Waals surface area contributed by atoms with E-state index in [-0.39, 0.29) is 0 Å². The van der Waals surface area contributed by atoms with Gasteiger partial charge in [0.05, 0.1) is 0 Å². The number of benzene rings is 4. The van der Waals surface area contributed by atoms with Crippen LogP contribution in [0.3, 0.4) is 0 Å². The summed E-state index contributed by atoms with van der Waals surface area (Å²) >= 11 is -0.556. The maximum absolute atomic E-state index is 4.89. The number of fused-ring (bicyclic) bond motifs is 2. The van der Waals surface area contributed by atoms with E-state index >= 15 is 0 Å². The van der Waals surface area contributed by atoms with Gasteiger partial charge in [-0.05, 0) is 24.7 Å². The van der Waals surface area contributed by atoms with Crippen LogP contribution in [0, 0.1) is 0 Å². The van der Waals surface area contributed by atoms with Crippen LogP contribution in [0.2, 0.25) is 13.1 Å². The van der Waals surface area contributed by atoms with Crippen molar-refractivity contribution in [3.63, 3.8) is 0 Å². The quantitative estimate of drug-likeness (QED) is 0.122. The molecule has 6 aromatic rings. The Morgan fingerprint density at radius 3 is 1.16 bits per heavy atom. The molecule has 0 atom stereocenters. The molecule has 0 nitrogen and oxygen atoms in total. The van der Waals surface area contributed by atoms with Crippen molar-refractivity contribution in [3.05, 3.63) is 155 Å². The van der Waals surface area contributed by atoms with Crippen LogP contribution in [0.4, 0.5) is 0 Å². The molecule has 44 heavy (non-hydrogen) atoms. The summed E-state index contributed by atoms with van der Waals surface area (Å²) in [6, 6.07) is 43.7. The van der Waals surface area contributed by atoms with Crippen molar-refractivity contribution < 1.29 is 17.0 Å². The van der Waals surface area contributed by atoms with Gasteiger partial charge in [-0.3, -0.25) is 0 Å². The van der Waals surface area contributed by atoms with Crippen LogP contribution < -0.4 is 0 Å². The van der Waals surface area contributed by atoms with Crippen LogP contribution in [0.1, 0.15) is 72.9 Å². The summed E-state index contributed by atoms with van der Waals surface area (Å²) < 4.78 is 0. The van der Waals surface area contributed by atoms with Crippen LogP contribution in [0.15, 0.2) is 121 Å². The fourth-order valence-corrected chi connectivity index (χ4v) is 5.64. The molecule has 2 radical (unpaired) electrons. The van der Waals surface area contributed by atoms with Gasteiger partial charge in [0.2, 0.25) is 0 Å². The van der Waals surface area contributed by atoms with Crippen molar-refractivity contribution in [1.29, 1.82) is 0 Å². The van der Waals surface area contributed by atoms with E-state index in [2.05, 4.69) is 162 Å². The summed E-state index contributed by atoms with van der Waals surface area (Å²) in [5.41, 5.74) is 8.75. The Bertz CT molecular complexity index is 1520. The van der Waals surface area contributed by atoms with Gasteiger partial charge >= 0.3 is 35.6 Å². The molecule has 0 spiro atoms. The van der Waals surface area contributed by atoms with Crippen LogP contribution in [-0.2, 0) is 29.9 Å². The van der Waals surface area contributed by atoms with Gasteiger partial charge in [-0.2, -0.15) is 12.1 Å². The topological polar surface area (TPSA) is 0 Å². The molecule has 0 heterocycles. The fourth-order valence-electron chi connectivity index (χ4n) is 5.64. The minimum atomic E-state index is -0.556. The maximum atomic E-state index is 4.89. The minimum absolute atomic E-state index is 0.556.